The highest BCUT2D eigenvalue weighted by molar-refractivity contribution is 5.61. The lowest BCUT2D eigenvalue weighted by atomic mass is 9.84. The van der Waals surface area contributed by atoms with Crippen LogP contribution in [0.25, 0.3) is 12.2 Å². The topological polar surface area (TPSA) is 36.3 Å². The van der Waals surface area contributed by atoms with Gasteiger partial charge in [-0.2, -0.15) is 4.98 Å². The summed E-state index contributed by atoms with van der Waals surface area (Å²) in [5.74, 6) is 0.659. The number of hydrogen-bond donors (Lipinski definition) is 0. The van der Waals surface area contributed by atoms with Gasteiger partial charge in [-0.15, -0.1) is 0 Å². The van der Waals surface area contributed by atoms with Crippen molar-refractivity contribution in [3.05, 3.63) is 59.4 Å². The maximum atomic E-state index is 14.1. The molecule has 4 nitrogen and oxygen atoms in total. The van der Waals surface area contributed by atoms with Gasteiger partial charge in [-0.1, -0.05) is 52.0 Å². The molecular formula is C24H31FN2O2. The Balaban J connectivity index is 1.67. The van der Waals surface area contributed by atoms with Gasteiger partial charge in [0.25, 0.3) is 6.01 Å². The molecule has 0 saturated carbocycles. The van der Waals surface area contributed by atoms with Crippen LogP contribution in [0.15, 0.2) is 48.0 Å². The lowest BCUT2D eigenvalue weighted by Gasteiger charge is -2.21. The van der Waals surface area contributed by atoms with E-state index in [1.54, 1.807) is 12.2 Å². The van der Waals surface area contributed by atoms with Gasteiger partial charge in [-0.3, -0.25) is 4.57 Å². The number of imidazole rings is 1. The summed E-state index contributed by atoms with van der Waals surface area (Å²) in [6.45, 7) is 13.4. The maximum absolute atomic E-state index is 14.1. The number of fused-ring (bicyclic) bond motifs is 1. The van der Waals surface area contributed by atoms with Crippen molar-refractivity contribution in [1.29, 1.82) is 0 Å². The van der Waals surface area contributed by atoms with E-state index in [1.165, 1.54) is 5.57 Å². The van der Waals surface area contributed by atoms with E-state index in [-0.39, 0.29) is 17.3 Å². The number of rotatable bonds is 7. The summed E-state index contributed by atoms with van der Waals surface area (Å²) in [5, 5.41) is 0. The molecule has 1 aliphatic carbocycles. The number of hydrogen-bond acceptors (Lipinski definition) is 3. The zero-order chi connectivity index (χ0) is 21.0. The predicted molar refractivity (Wildman–Crippen MR) is 116 cm³/mol. The summed E-state index contributed by atoms with van der Waals surface area (Å²) in [5.41, 5.74) is 2.85. The molecule has 0 bridgehead atoms. The van der Waals surface area contributed by atoms with Crippen LogP contribution in [0.5, 0.6) is 6.01 Å². The zero-order valence-electron chi connectivity index (χ0n) is 17.9. The standard InChI is InChI=1S/C24H31FN2O2/c1-6-9-18(25)14-22-21(7-2)26-23-27(22)15-20(29-23)16-28-19-11-8-10-17(12-13-19)24(3,4)5/h7-8,11-14,20H,2,6,9-10,15-16H2,1,3-5H3/b18-14+. The second-order valence-electron chi connectivity index (χ2n) is 8.49. The molecule has 2 heterocycles. The van der Waals surface area contributed by atoms with E-state index in [4.69, 9.17) is 9.47 Å². The SMILES string of the molecule is C=Cc1nc2n(c1/C=C(/F)CCC)CC(COC1=CC=C(C(C)(C)C)CC=C1)O2. The molecule has 1 atom stereocenters. The van der Waals surface area contributed by atoms with E-state index in [2.05, 4.69) is 44.5 Å². The minimum Gasteiger partial charge on any atom is -0.490 e. The molecule has 1 aliphatic heterocycles. The van der Waals surface area contributed by atoms with Crippen LogP contribution in [0.3, 0.4) is 0 Å². The van der Waals surface area contributed by atoms with E-state index >= 15 is 0 Å². The van der Waals surface area contributed by atoms with Gasteiger partial charge in [0, 0.05) is 0 Å². The molecular weight excluding hydrogens is 367 g/mol. The smallest absolute Gasteiger partial charge is 0.297 e. The molecule has 0 aromatic carbocycles. The molecule has 0 fully saturated rings. The molecule has 0 saturated heterocycles. The number of aromatic nitrogens is 2. The van der Waals surface area contributed by atoms with Gasteiger partial charge < -0.3 is 9.47 Å². The summed E-state index contributed by atoms with van der Waals surface area (Å²) in [6, 6.07) is 0.490. The lowest BCUT2D eigenvalue weighted by Crippen LogP contribution is -2.21. The first-order valence-electron chi connectivity index (χ1n) is 10.3. The highest BCUT2D eigenvalue weighted by Crippen LogP contribution is 2.31. The number of allylic oxidation sites excluding steroid dienone is 6. The van der Waals surface area contributed by atoms with Crippen molar-refractivity contribution in [3.63, 3.8) is 0 Å². The molecule has 156 valence electrons. The summed E-state index contributed by atoms with van der Waals surface area (Å²) in [4.78, 5) is 4.44. The second kappa shape index (κ2) is 8.85. The normalized spacial score (nSPS) is 19.2. The van der Waals surface area contributed by atoms with Crippen LogP contribution < -0.4 is 4.74 Å². The fraction of sp³-hybridized carbons (Fsp3) is 0.458. The number of halogens is 1. The van der Waals surface area contributed by atoms with Crippen LogP contribution in [0.2, 0.25) is 0 Å². The fourth-order valence-corrected chi connectivity index (χ4v) is 3.42. The van der Waals surface area contributed by atoms with Crippen LogP contribution in [-0.4, -0.2) is 22.3 Å². The van der Waals surface area contributed by atoms with Crippen LogP contribution in [0, 0.1) is 5.41 Å². The third-order valence-electron chi connectivity index (χ3n) is 5.10. The van der Waals surface area contributed by atoms with Crippen LogP contribution >= 0.6 is 0 Å². The molecule has 3 rings (SSSR count). The minimum absolute atomic E-state index is 0.139. The lowest BCUT2D eigenvalue weighted by molar-refractivity contribution is 0.105. The predicted octanol–water partition coefficient (Wildman–Crippen LogP) is 6.23. The quantitative estimate of drug-likeness (QED) is 0.546. The van der Waals surface area contributed by atoms with Gasteiger partial charge in [0.1, 0.15) is 18.2 Å². The Bertz CT molecular complexity index is 881. The van der Waals surface area contributed by atoms with Gasteiger partial charge in [-0.25, -0.2) is 4.39 Å². The summed E-state index contributed by atoms with van der Waals surface area (Å²) in [7, 11) is 0. The highest BCUT2D eigenvalue weighted by atomic mass is 19.1. The average molecular weight is 399 g/mol. The third kappa shape index (κ3) is 5.08. The minimum atomic E-state index is -0.165. The van der Waals surface area contributed by atoms with Crippen LogP contribution in [0.1, 0.15) is 58.3 Å². The van der Waals surface area contributed by atoms with Gasteiger partial charge in [0.05, 0.1) is 17.9 Å². The van der Waals surface area contributed by atoms with E-state index in [1.807, 2.05) is 23.6 Å². The Kier molecular flexibility index (Phi) is 6.46. The monoisotopic (exact) mass is 398 g/mol. The van der Waals surface area contributed by atoms with E-state index in [0.717, 1.165) is 18.6 Å². The first-order chi connectivity index (χ1) is 13.8. The van der Waals surface area contributed by atoms with Crippen molar-refractivity contribution in [3.8, 4) is 6.01 Å². The molecule has 0 amide bonds. The van der Waals surface area contributed by atoms with Crippen molar-refractivity contribution in [2.75, 3.05) is 6.61 Å². The third-order valence-corrected chi connectivity index (χ3v) is 5.10. The van der Waals surface area contributed by atoms with Crippen molar-refractivity contribution in [2.24, 2.45) is 5.41 Å². The Morgan fingerprint density at radius 2 is 2.21 bits per heavy atom. The molecule has 0 spiro atoms. The van der Waals surface area contributed by atoms with Crippen molar-refractivity contribution < 1.29 is 13.9 Å². The van der Waals surface area contributed by atoms with Gasteiger partial charge in [0.2, 0.25) is 0 Å². The number of nitrogens with zero attached hydrogens (tertiary/aromatic N) is 2. The molecule has 1 unspecified atom stereocenters. The molecule has 0 N–H and O–H groups in total. The van der Waals surface area contributed by atoms with E-state index < -0.39 is 0 Å². The Morgan fingerprint density at radius 3 is 2.90 bits per heavy atom. The molecule has 1 aromatic rings. The zero-order valence-corrected chi connectivity index (χ0v) is 17.9. The van der Waals surface area contributed by atoms with Gasteiger partial charge >= 0.3 is 0 Å². The molecule has 0 radical (unpaired) electrons. The number of ether oxygens (including phenoxy) is 2. The molecule has 2 aliphatic rings. The second-order valence-corrected chi connectivity index (χ2v) is 8.49. The average Bonchev–Trinajstić information content (AvgIpc) is 3.07. The Labute approximate surface area is 173 Å². The highest BCUT2D eigenvalue weighted by Gasteiger charge is 2.29. The van der Waals surface area contributed by atoms with Gasteiger partial charge in [0.15, 0.2) is 6.10 Å². The summed E-state index contributed by atoms with van der Waals surface area (Å²) < 4.78 is 27.9. The van der Waals surface area contributed by atoms with Gasteiger partial charge in [-0.05, 0) is 49.0 Å². The van der Waals surface area contributed by atoms with Crippen molar-refractivity contribution in [2.45, 2.75) is 59.6 Å². The van der Waals surface area contributed by atoms with Crippen LogP contribution in [-0.2, 0) is 11.3 Å². The van der Waals surface area contributed by atoms with E-state index in [0.29, 0.717) is 37.0 Å². The van der Waals surface area contributed by atoms with Crippen LogP contribution in [0.4, 0.5) is 4.39 Å². The molecule has 5 heteroatoms. The summed E-state index contributed by atoms with van der Waals surface area (Å²) in [6.07, 6.45) is 13.4. The Morgan fingerprint density at radius 1 is 1.41 bits per heavy atom. The summed E-state index contributed by atoms with van der Waals surface area (Å²) >= 11 is 0. The maximum Gasteiger partial charge on any atom is 0.297 e. The van der Waals surface area contributed by atoms with Crippen molar-refractivity contribution in [1.82, 2.24) is 9.55 Å². The molecule has 1 aromatic heterocycles. The fourth-order valence-electron chi connectivity index (χ4n) is 3.42. The first-order valence-corrected chi connectivity index (χ1v) is 10.3. The van der Waals surface area contributed by atoms with E-state index in [9.17, 15) is 4.39 Å². The first kappa shape index (κ1) is 21.2. The van der Waals surface area contributed by atoms with Crippen molar-refractivity contribution >= 4 is 12.2 Å². The largest absolute Gasteiger partial charge is 0.490 e. The Hall–Kier alpha value is -2.56. The molecule has 29 heavy (non-hydrogen) atoms.